The van der Waals surface area contributed by atoms with Gasteiger partial charge in [-0.2, -0.15) is 0 Å². The van der Waals surface area contributed by atoms with Crippen LogP contribution in [-0.4, -0.2) is 20.6 Å². The Bertz CT molecular complexity index is 808. The predicted molar refractivity (Wildman–Crippen MR) is 78.0 cm³/mol. The maximum Gasteiger partial charge on any atom is 0.325 e. The highest BCUT2D eigenvalue weighted by Gasteiger charge is 2.20. The zero-order chi connectivity index (χ0) is 14.3. The van der Waals surface area contributed by atoms with Gasteiger partial charge in [0.25, 0.3) is 0 Å². The van der Waals surface area contributed by atoms with Gasteiger partial charge in [0.2, 0.25) is 0 Å². The van der Waals surface area contributed by atoms with Crippen LogP contribution in [-0.2, 0) is 0 Å². The van der Waals surface area contributed by atoms with Crippen molar-refractivity contribution in [2.45, 2.75) is 0 Å². The maximum absolute atomic E-state index is 11.7. The molecule has 0 saturated heterocycles. The van der Waals surface area contributed by atoms with Gasteiger partial charge in [-0.3, -0.25) is 4.98 Å². The van der Waals surface area contributed by atoms with E-state index in [1.165, 1.54) is 4.57 Å². The molecule has 0 unspecified atom stereocenters. The number of imidazole rings is 1. The average molecular weight is 307 g/mol. The molecule has 0 radical (unpaired) electrons. The molecule has 20 heavy (non-hydrogen) atoms. The first-order valence-corrected chi connectivity index (χ1v) is 6.42. The second-order valence-electron chi connectivity index (χ2n) is 4.07. The van der Waals surface area contributed by atoms with Gasteiger partial charge in [0, 0.05) is 6.20 Å². The second kappa shape index (κ2) is 4.77. The minimum absolute atomic E-state index is 0.302. The molecule has 0 saturated carbocycles. The Morgan fingerprint density at radius 3 is 2.55 bits per heavy atom. The number of primary amides is 1. The first-order chi connectivity index (χ1) is 9.59. The minimum Gasteiger partial charge on any atom is -0.351 e. The van der Waals surface area contributed by atoms with Crippen LogP contribution in [0, 0.1) is 0 Å². The molecule has 2 N–H and O–H groups in total. The molecule has 0 aliphatic carbocycles. The van der Waals surface area contributed by atoms with Gasteiger partial charge in [0.05, 0.1) is 27.3 Å². The van der Waals surface area contributed by atoms with Crippen LogP contribution in [0.25, 0.3) is 22.4 Å². The standard InChI is InChI=1S/C13H8Cl2N4O/c14-7-2-1-3-8(15)11(7)12-18-9-6-17-5-4-10(9)19(12)13(16)20/h1-6H,(H2,16,20). The van der Waals surface area contributed by atoms with Gasteiger partial charge in [-0.1, -0.05) is 29.3 Å². The summed E-state index contributed by atoms with van der Waals surface area (Å²) in [6.45, 7) is 0. The summed E-state index contributed by atoms with van der Waals surface area (Å²) in [6, 6.07) is 6.05. The zero-order valence-electron chi connectivity index (χ0n) is 10.0. The number of benzene rings is 1. The Labute approximate surface area is 124 Å². The molecule has 1 amide bonds. The summed E-state index contributed by atoms with van der Waals surface area (Å²) in [4.78, 5) is 20.1. The fraction of sp³-hybridized carbons (Fsp3) is 0. The lowest BCUT2D eigenvalue weighted by Gasteiger charge is -2.07. The molecule has 7 heteroatoms. The molecule has 2 aromatic heterocycles. The molecule has 0 aliphatic rings. The summed E-state index contributed by atoms with van der Waals surface area (Å²) in [6.07, 6.45) is 3.10. The highest BCUT2D eigenvalue weighted by atomic mass is 35.5. The molecule has 3 aromatic rings. The van der Waals surface area contributed by atoms with Crippen molar-refractivity contribution < 1.29 is 4.79 Å². The van der Waals surface area contributed by atoms with E-state index >= 15 is 0 Å². The predicted octanol–water partition coefficient (Wildman–Crippen LogP) is 3.33. The monoisotopic (exact) mass is 306 g/mol. The molecule has 3 rings (SSSR count). The molecule has 0 aliphatic heterocycles. The second-order valence-corrected chi connectivity index (χ2v) is 4.88. The van der Waals surface area contributed by atoms with Crippen molar-refractivity contribution in [3.05, 3.63) is 46.7 Å². The summed E-state index contributed by atoms with van der Waals surface area (Å²) < 4.78 is 1.27. The third-order valence-corrected chi connectivity index (χ3v) is 3.49. The molecule has 2 heterocycles. The van der Waals surface area contributed by atoms with Crippen molar-refractivity contribution in [1.82, 2.24) is 14.5 Å². The number of carbonyl (C=O) groups is 1. The fourth-order valence-electron chi connectivity index (χ4n) is 2.03. The van der Waals surface area contributed by atoms with Crippen LogP contribution in [0.1, 0.15) is 0 Å². The van der Waals surface area contributed by atoms with E-state index in [2.05, 4.69) is 9.97 Å². The van der Waals surface area contributed by atoms with Crippen molar-refractivity contribution in [1.29, 1.82) is 0 Å². The summed E-state index contributed by atoms with van der Waals surface area (Å²) in [5.74, 6) is 0.302. The van der Waals surface area contributed by atoms with Crippen molar-refractivity contribution in [3.63, 3.8) is 0 Å². The molecule has 0 spiro atoms. The van der Waals surface area contributed by atoms with E-state index in [1.54, 1.807) is 36.7 Å². The van der Waals surface area contributed by atoms with Gasteiger partial charge in [-0.05, 0) is 18.2 Å². The van der Waals surface area contributed by atoms with E-state index in [-0.39, 0.29) is 0 Å². The highest BCUT2D eigenvalue weighted by molar-refractivity contribution is 6.39. The van der Waals surface area contributed by atoms with Gasteiger partial charge >= 0.3 is 6.03 Å². The van der Waals surface area contributed by atoms with Crippen molar-refractivity contribution >= 4 is 40.3 Å². The number of aromatic nitrogens is 3. The van der Waals surface area contributed by atoms with Crippen LogP contribution in [0.2, 0.25) is 10.0 Å². The number of rotatable bonds is 1. The van der Waals surface area contributed by atoms with Crippen LogP contribution in [0.5, 0.6) is 0 Å². The minimum atomic E-state index is -0.662. The Morgan fingerprint density at radius 1 is 1.20 bits per heavy atom. The number of hydrogen-bond donors (Lipinski definition) is 1. The summed E-state index contributed by atoms with van der Waals surface area (Å²) in [7, 11) is 0. The quantitative estimate of drug-likeness (QED) is 0.749. The van der Waals surface area contributed by atoms with Gasteiger partial charge in [0.15, 0.2) is 5.82 Å². The zero-order valence-corrected chi connectivity index (χ0v) is 11.6. The van der Waals surface area contributed by atoms with E-state index in [9.17, 15) is 4.79 Å². The molecular weight excluding hydrogens is 299 g/mol. The van der Waals surface area contributed by atoms with E-state index in [1.807, 2.05) is 0 Å². The van der Waals surface area contributed by atoms with E-state index in [0.717, 1.165) is 0 Å². The molecule has 0 atom stereocenters. The fourth-order valence-corrected chi connectivity index (χ4v) is 2.60. The Balaban J connectivity index is 2.42. The number of carbonyl (C=O) groups excluding carboxylic acids is 1. The number of amides is 1. The van der Waals surface area contributed by atoms with Crippen LogP contribution in [0.15, 0.2) is 36.7 Å². The lowest BCUT2D eigenvalue weighted by atomic mass is 10.2. The van der Waals surface area contributed by atoms with Gasteiger partial charge in [0.1, 0.15) is 5.52 Å². The summed E-state index contributed by atoms with van der Waals surface area (Å²) >= 11 is 12.3. The van der Waals surface area contributed by atoms with E-state index in [0.29, 0.717) is 32.5 Å². The maximum atomic E-state index is 11.7. The van der Waals surface area contributed by atoms with Crippen molar-refractivity contribution in [2.24, 2.45) is 5.73 Å². The van der Waals surface area contributed by atoms with Gasteiger partial charge in [-0.15, -0.1) is 0 Å². The lowest BCUT2D eigenvalue weighted by molar-refractivity contribution is 0.251. The number of nitrogens with zero attached hydrogens (tertiary/aromatic N) is 3. The number of fused-ring (bicyclic) bond motifs is 1. The first kappa shape index (κ1) is 12.9. The molecule has 0 bridgehead atoms. The molecule has 0 fully saturated rings. The van der Waals surface area contributed by atoms with Crippen molar-refractivity contribution in [3.8, 4) is 11.4 Å². The largest absolute Gasteiger partial charge is 0.351 e. The topological polar surface area (TPSA) is 73.8 Å². The van der Waals surface area contributed by atoms with Crippen LogP contribution >= 0.6 is 23.2 Å². The number of hydrogen-bond acceptors (Lipinski definition) is 3. The first-order valence-electron chi connectivity index (χ1n) is 5.66. The normalized spacial score (nSPS) is 10.9. The molecule has 100 valence electrons. The molecule has 5 nitrogen and oxygen atoms in total. The van der Waals surface area contributed by atoms with Crippen LogP contribution < -0.4 is 5.73 Å². The van der Waals surface area contributed by atoms with Gasteiger partial charge < -0.3 is 5.73 Å². The molecule has 1 aromatic carbocycles. The number of nitrogens with two attached hydrogens (primary N) is 1. The smallest absolute Gasteiger partial charge is 0.325 e. The van der Waals surface area contributed by atoms with E-state index < -0.39 is 6.03 Å². The average Bonchev–Trinajstić information content (AvgIpc) is 2.77. The Morgan fingerprint density at radius 2 is 1.90 bits per heavy atom. The summed E-state index contributed by atoms with van der Waals surface area (Å²) in [5, 5.41) is 0.784. The van der Waals surface area contributed by atoms with Crippen molar-refractivity contribution in [2.75, 3.05) is 0 Å². The number of pyridine rings is 1. The number of halogens is 2. The third kappa shape index (κ3) is 1.92. The summed E-state index contributed by atoms with van der Waals surface area (Å²) in [5.41, 5.74) is 7.00. The highest BCUT2D eigenvalue weighted by Crippen LogP contribution is 2.35. The van der Waals surface area contributed by atoms with Crippen LogP contribution in [0.4, 0.5) is 4.79 Å². The lowest BCUT2D eigenvalue weighted by Crippen LogP contribution is -2.20. The van der Waals surface area contributed by atoms with Crippen LogP contribution in [0.3, 0.4) is 0 Å². The Hall–Kier alpha value is -2.11. The van der Waals surface area contributed by atoms with Gasteiger partial charge in [-0.25, -0.2) is 14.3 Å². The SMILES string of the molecule is NC(=O)n1c(-c2c(Cl)cccc2Cl)nc2cnccc21. The van der Waals surface area contributed by atoms with E-state index in [4.69, 9.17) is 28.9 Å². The Kier molecular flexibility index (Phi) is 3.08. The molecular formula is C13H8Cl2N4O. The third-order valence-electron chi connectivity index (χ3n) is 2.86.